The van der Waals surface area contributed by atoms with Crippen LogP contribution >= 0.6 is 0 Å². The van der Waals surface area contributed by atoms with Crippen LogP contribution in [0.1, 0.15) is 63.3 Å². The molecule has 0 saturated heterocycles. The lowest BCUT2D eigenvalue weighted by atomic mass is 9.86. The molecule has 19 heavy (non-hydrogen) atoms. The summed E-state index contributed by atoms with van der Waals surface area (Å²) >= 11 is 0. The molecule has 0 aliphatic heterocycles. The molecular formula is C17H28N2. The summed E-state index contributed by atoms with van der Waals surface area (Å²) in [6.07, 6.45) is 3.54. The van der Waals surface area contributed by atoms with Gasteiger partial charge in [0.1, 0.15) is 0 Å². The third-order valence-electron chi connectivity index (χ3n) is 4.48. The van der Waals surface area contributed by atoms with Crippen molar-refractivity contribution in [2.45, 2.75) is 65.6 Å². The summed E-state index contributed by atoms with van der Waals surface area (Å²) < 4.78 is 0. The second-order valence-electron chi connectivity index (χ2n) is 7.00. The minimum absolute atomic E-state index is 0.249. The summed E-state index contributed by atoms with van der Waals surface area (Å²) in [6, 6.07) is 7.56. The fourth-order valence-corrected chi connectivity index (χ4v) is 2.59. The van der Waals surface area contributed by atoms with E-state index in [1.54, 1.807) is 0 Å². The maximum absolute atomic E-state index is 6.16. The van der Waals surface area contributed by atoms with E-state index in [1.165, 1.54) is 29.5 Å². The van der Waals surface area contributed by atoms with Gasteiger partial charge in [0, 0.05) is 18.6 Å². The number of hydrogen-bond donors (Lipinski definition) is 2. The lowest BCUT2D eigenvalue weighted by Crippen LogP contribution is -2.37. The normalized spacial score (nSPS) is 21.0. The Morgan fingerprint density at radius 2 is 2.11 bits per heavy atom. The van der Waals surface area contributed by atoms with Crippen molar-refractivity contribution in [2.75, 3.05) is 0 Å². The Bertz CT molecular complexity index is 431. The fourth-order valence-electron chi connectivity index (χ4n) is 2.59. The molecule has 0 bridgehead atoms. The number of fused-ring (bicyclic) bond motifs is 1. The highest BCUT2D eigenvalue weighted by Crippen LogP contribution is 2.28. The van der Waals surface area contributed by atoms with Crippen molar-refractivity contribution in [3.8, 4) is 0 Å². The van der Waals surface area contributed by atoms with E-state index in [0.717, 1.165) is 13.0 Å². The van der Waals surface area contributed by atoms with E-state index in [9.17, 15) is 0 Å². The Balaban J connectivity index is 2.03. The van der Waals surface area contributed by atoms with E-state index in [0.29, 0.717) is 11.5 Å². The summed E-state index contributed by atoms with van der Waals surface area (Å²) in [5.74, 6) is 0. The van der Waals surface area contributed by atoms with Crippen molar-refractivity contribution in [2.24, 2.45) is 11.1 Å². The molecule has 0 radical (unpaired) electrons. The molecule has 2 atom stereocenters. The predicted molar refractivity (Wildman–Crippen MR) is 82.1 cm³/mol. The van der Waals surface area contributed by atoms with Crippen molar-refractivity contribution >= 4 is 0 Å². The molecule has 0 spiro atoms. The number of benzene rings is 1. The lowest BCUT2D eigenvalue weighted by molar-refractivity contribution is 0.285. The number of nitrogens with two attached hydrogens (primary N) is 1. The van der Waals surface area contributed by atoms with Crippen molar-refractivity contribution in [1.29, 1.82) is 0 Å². The summed E-state index contributed by atoms with van der Waals surface area (Å²) in [7, 11) is 0. The van der Waals surface area contributed by atoms with Gasteiger partial charge < -0.3 is 11.1 Å². The van der Waals surface area contributed by atoms with E-state index in [1.807, 2.05) is 0 Å². The van der Waals surface area contributed by atoms with Crippen LogP contribution in [0.5, 0.6) is 0 Å². The maximum atomic E-state index is 6.16. The van der Waals surface area contributed by atoms with E-state index in [2.05, 4.69) is 51.2 Å². The number of hydrogen-bond acceptors (Lipinski definition) is 2. The molecule has 1 aromatic rings. The Morgan fingerprint density at radius 1 is 1.37 bits per heavy atom. The highest BCUT2D eigenvalue weighted by atomic mass is 14.9. The SMILES string of the molecule is CC(NCc1ccc2c(c1)CCCC2N)C(C)(C)C. The van der Waals surface area contributed by atoms with Crippen LogP contribution in [0.4, 0.5) is 0 Å². The summed E-state index contributed by atoms with van der Waals surface area (Å²) in [4.78, 5) is 0. The molecule has 2 unspecified atom stereocenters. The molecule has 0 fully saturated rings. The van der Waals surface area contributed by atoms with E-state index in [4.69, 9.17) is 5.73 Å². The van der Waals surface area contributed by atoms with Gasteiger partial charge in [-0.25, -0.2) is 0 Å². The van der Waals surface area contributed by atoms with E-state index in [-0.39, 0.29) is 6.04 Å². The van der Waals surface area contributed by atoms with Gasteiger partial charge in [-0.15, -0.1) is 0 Å². The molecular weight excluding hydrogens is 232 g/mol. The summed E-state index contributed by atoms with van der Waals surface area (Å²) in [5.41, 5.74) is 10.7. The second-order valence-corrected chi connectivity index (χ2v) is 7.00. The molecule has 0 amide bonds. The molecule has 0 saturated carbocycles. The number of nitrogens with one attached hydrogen (secondary N) is 1. The first kappa shape index (κ1) is 14.5. The third-order valence-corrected chi connectivity index (χ3v) is 4.48. The van der Waals surface area contributed by atoms with Gasteiger partial charge in [-0.1, -0.05) is 39.0 Å². The van der Waals surface area contributed by atoms with Gasteiger partial charge in [0.15, 0.2) is 0 Å². The first-order chi connectivity index (χ1) is 8.88. The van der Waals surface area contributed by atoms with Gasteiger partial charge >= 0.3 is 0 Å². The van der Waals surface area contributed by atoms with Gasteiger partial charge in [-0.3, -0.25) is 0 Å². The van der Waals surface area contributed by atoms with Gasteiger partial charge in [-0.05, 0) is 48.3 Å². The topological polar surface area (TPSA) is 38.0 Å². The minimum atomic E-state index is 0.249. The van der Waals surface area contributed by atoms with Crippen molar-refractivity contribution < 1.29 is 0 Å². The van der Waals surface area contributed by atoms with Crippen LogP contribution in [-0.4, -0.2) is 6.04 Å². The predicted octanol–water partition coefficient (Wildman–Crippen LogP) is 3.55. The van der Waals surface area contributed by atoms with Crippen LogP contribution < -0.4 is 11.1 Å². The van der Waals surface area contributed by atoms with Crippen molar-refractivity contribution in [1.82, 2.24) is 5.32 Å². The fraction of sp³-hybridized carbons (Fsp3) is 0.647. The van der Waals surface area contributed by atoms with Gasteiger partial charge in [-0.2, -0.15) is 0 Å². The Kier molecular flexibility index (Phi) is 4.32. The molecule has 2 rings (SSSR count). The third kappa shape index (κ3) is 3.58. The summed E-state index contributed by atoms with van der Waals surface area (Å²) in [5, 5.41) is 3.63. The van der Waals surface area contributed by atoms with Crippen LogP contribution in [-0.2, 0) is 13.0 Å². The molecule has 106 valence electrons. The Morgan fingerprint density at radius 3 is 2.79 bits per heavy atom. The monoisotopic (exact) mass is 260 g/mol. The zero-order valence-electron chi connectivity index (χ0n) is 12.8. The van der Waals surface area contributed by atoms with Crippen LogP contribution in [0.3, 0.4) is 0 Å². The average Bonchev–Trinajstić information content (AvgIpc) is 2.35. The Hall–Kier alpha value is -0.860. The molecule has 1 aliphatic rings. The standard InChI is InChI=1S/C17H28N2/c1-12(17(2,3)4)19-11-13-8-9-15-14(10-13)6-5-7-16(15)18/h8-10,12,16,19H,5-7,11,18H2,1-4H3. The van der Waals surface area contributed by atoms with Gasteiger partial charge in [0.25, 0.3) is 0 Å². The molecule has 2 heteroatoms. The maximum Gasteiger partial charge on any atom is 0.0297 e. The zero-order valence-corrected chi connectivity index (χ0v) is 12.8. The Labute approximate surface area is 117 Å². The van der Waals surface area contributed by atoms with Gasteiger partial charge in [0.2, 0.25) is 0 Å². The van der Waals surface area contributed by atoms with E-state index < -0.39 is 0 Å². The molecule has 0 aromatic heterocycles. The molecule has 1 aliphatic carbocycles. The van der Waals surface area contributed by atoms with Crippen molar-refractivity contribution in [3.63, 3.8) is 0 Å². The first-order valence-corrected chi connectivity index (χ1v) is 7.48. The zero-order chi connectivity index (χ0) is 14.0. The molecule has 0 heterocycles. The molecule has 2 nitrogen and oxygen atoms in total. The first-order valence-electron chi connectivity index (χ1n) is 7.48. The van der Waals surface area contributed by atoms with E-state index >= 15 is 0 Å². The second kappa shape index (κ2) is 5.64. The van der Waals surface area contributed by atoms with Crippen molar-refractivity contribution in [3.05, 3.63) is 34.9 Å². The average molecular weight is 260 g/mol. The summed E-state index contributed by atoms with van der Waals surface area (Å²) in [6.45, 7) is 10.0. The highest BCUT2D eigenvalue weighted by Gasteiger charge is 2.20. The number of rotatable bonds is 3. The molecule has 3 N–H and O–H groups in total. The minimum Gasteiger partial charge on any atom is -0.324 e. The van der Waals surface area contributed by atoms with Crippen LogP contribution in [0, 0.1) is 5.41 Å². The highest BCUT2D eigenvalue weighted by molar-refractivity contribution is 5.35. The largest absolute Gasteiger partial charge is 0.324 e. The quantitative estimate of drug-likeness (QED) is 0.872. The van der Waals surface area contributed by atoms with Crippen LogP contribution in [0.25, 0.3) is 0 Å². The van der Waals surface area contributed by atoms with Crippen LogP contribution in [0.2, 0.25) is 0 Å². The molecule has 1 aromatic carbocycles. The number of aryl methyl sites for hydroxylation is 1. The van der Waals surface area contributed by atoms with Gasteiger partial charge in [0.05, 0.1) is 0 Å². The van der Waals surface area contributed by atoms with Crippen LogP contribution in [0.15, 0.2) is 18.2 Å². The lowest BCUT2D eigenvalue weighted by Gasteiger charge is -2.28. The smallest absolute Gasteiger partial charge is 0.0297 e.